The predicted molar refractivity (Wildman–Crippen MR) is 374 cm³/mol. The lowest BCUT2D eigenvalue weighted by molar-refractivity contribution is -0.198. The molecule has 1 saturated heterocycles. The molecule has 2 aromatic heterocycles. The number of aliphatic carboxylic acids is 2. The molecule has 3 heterocycles. The first-order chi connectivity index (χ1) is 46.8. The van der Waals surface area contributed by atoms with Gasteiger partial charge >= 0.3 is 17.9 Å². The van der Waals surface area contributed by atoms with E-state index in [-0.39, 0.29) is 76.7 Å². The van der Waals surface area contributed by atoms with Crippen LogP contribution < -0.4 is 17.2 Å². The first-order valence-corrected chi connectivity index (χ1v) is 34.6. The van der Waals surface area contributed by atoms with Gasteiger partial charge in [-0.2, -0.15) is 0 Å². The van der Waals surface area contributed by atoms with E-state index in [1.165, 1.54) is 72.4 Å². The van der Waals surface area contributed by atoms with Gasteiger partial charge in [-0.3, -0.25) is 24.0 Å². The molecule has 0 radical (unpaired) electrons. The smallest absolute Gasteiger partial charge is 0.335 e. The fraction of sp³-hybridized carbons (Fsp3) is 0.662. The van der Waals surface area contributed by atoms with Gasteiger partial charge in [0, 0.05) is 36.5 Å². The van der Waals surface area contributed by atoms with E-state index in [9.17, 15) is 28.8 Å². The molecular formula is C71H113ClN6O19. The van der Waals surface area contributed by atoms with Crippen LogP contribution in [0.1, 0.15) is 165 Å². The Labute approximate surface area is 579 Å². The van der Waals surface area contributed by atoms with Crippen LogP contribution in [0.25, 0.3) is 21.8 Å². The van der Waals surface area contributed by atoms with E-state index >= 15 is 0 Å². The van der Waals surface area contributed by atoms with E-state index in [0.717, 1.165) is 87.3 Å². The summed E-state index contributed by atoms with van der Waals surface area (Å²) in [5.74, 6) is -1.90. The highest BCUT2D eigenvalue weighted by Crippen LogP contribution is 2.27. The summed E-state index contributed by atoms with van der Waals surface area (Å²) in [5.41, 5.74) is 25.0. The summed E-state index contributed by atoms with van der Waals surface area (Å²) < 4.78 is 53.0. The van der Waals surface area contributed by atoms with Crippen molar-refractivity contribution in [1.29, 1.82) is 0 Å². The number of nitrogen functional groups attached to an aromatic ring is 2. The van der Waals surface area contributed by atoms with Gasteiger partial charge in [-0.1, -0.05) is 83.1 Å². The molecule has 0 atom stereocenters. The molecule has 0 saturated carbocycles. The Hall–Kier alpha value is -6.07. The number of carbonyl (C=O) groups excluding carboxylic acids is 4. The summed E-state index contributed by atoms with van der Waals surface area (Å²) in [6.07, 6.45) is 20.0. The van der Waals surface area contributed by atoms with Crippen LogP contribution in [0.15, 0.2) is 48.5 Å². The maximum Gasteiger partial charge on any atom is 0.335 e. The highest BCUT2D eigenvalue weighted by Gasteiger charge is 2.32. The lowest BCUT2D eigenvalue weighted by Gasteiger charge is -2.12. The second kappa shape index (κ2) is 57.8. The summed E-state index contributed by atoms with van der Waals surface area (Å²) in [6, 6.07) is 17.2. The van der Waals surface area contributed by atoms with Gasteiger partial charge in [0.25, 0.3) is 11.8 Å². The SMILES string of the molecule is CCCCCc1cc2c(CCCCCCC(=O)CCOCCOCCOCCOCCOCCC(=O)O)cccc2nc1N.CCCCCc1cc2c(CCCCCN)cccc2nc1N.Cl.O=C(O)CCOCCOCCOCCOCCOCCC(=O)ON1C(=O)CCC1=O. The minimum Gasteiger partial charge on any atom is -0.481 e. The van der Waals surface area contributed by atoms with Gasteiger partial charge in [-0.05, 0) is 117 Å². The lowest BCUT2D eigenvalue weighted by Crippen LogP contribution is -2.32. The number of Topliss-reactive ketones (excluding diaryl/α,β-unsaturated/α-hetero) is 1. The number of hydrogen-bond donors (Lipinski definition) is 5. The van der Waals surface area contributed by atoms with Gasteiger partial charge in [0.1, 0.15) is 17.4 Å². The van der Waals surface area contributed by atoms with Gasteiger partial charge < -0.3 is 79.6 Å². The van der Waals surface area contributed by atoms with Crippen molar-refractivity contribution < 1.29 is 91.2 Å². The predicted octanol–water partition coefficient (Wildman–Crippen LogP) is 9.74. The van der Waals surface area contributed by atoms with E-state index in [1.54, 1.807) is 0 Å². The number of nitrogens with two attached hydrogens (primary N) is 3. The number of imide groups is 1. The third-order valence-corrected chi connectivity index (χ3v) is 15.1. The van der Waals surface area contributed by atoms with Crippen LogP contribution in [0, 0.1) is 0 Å². The number of aromatic nitrogens is 2. The van der Waals surface area contributed by atoms with Crippen LogP contribution in [0.3, 0.4) is 0 Å². The van der Waals surface area contributed by atoms with Crippen molar-refractivity contribution in [3.8, 4) is 0 Å². The molecular weight excluding hydrogens is 1280 g/mol. The highest BCUT2D eigenvalue weighted by molar-refractivity contribution is 6.01. The number of fused-ring (bicyclic) bond motifs is 2. The van der Waals surface area contributed by atoms with E-state index in [2.05, 4.69) is 66.3 Å². The van der Waals surface area contributed by atoms with Crippen molar-refractivity contribution in [2.45, 2.75) is 168 Å². The largest absolute Gasteiger partial charge is 0.481 e. The minimum absolute atomic E-state index is 0. The standard InChI is InChI=1S/C34H54N2O8.C19H29N3.C18H29NO11.ClH/c1-2-3-6-11-29-27-31-28(12-9-14-32(31)36-34(29)35)10-7-4-5-8-13-30(37)15-17-40-19-21-42-23-25-44-26-24-43-22-20-41-18-16-33(38)39;1-2-3-5-10-16-14-17-15(9-6-4-7-13-20)11-8-12-18(17)22-19(16)21;20-15-1-2-16(21)19(15)30-18(24)4-6-26-8-10-28-12-14-29-13-11-27-9-7-25-5-3-17(22)23;/h9,12,14,27H,2-8,10-11,13,15-26H2,1H3,(H2,35,36)(H,38,39);8,11-12,14H,2-7,9-10,13,20H2,1H3,(H2,21,22);1-14H2,(H,22,23);1H. The molecule has 2 amide bonds. The summed E-state index contributed by atoms with van der Waals surface area (Å²) in [7, 11) is 0. The fourth-order valence-electron chi connectivity index (χ4n) is 9.78. The molecule has 0 spiro atoms. The maximum absolute atomic E-state index is 12.2. The zero-order valence-electron chi connectivity index (χ0n) is 57.8. The molecule has 1 fully saturated rings. The van der Waals surface area contributed by atoms with Gasteiger partial charge in [0.05, 0.1) is 162 Å². The Morgan fingerprint density at radius 2 is 0.753 bits per heavy atom. The number of carbonyl (C=O) groups is 6. The molecule has 25 nitrogen and oxygen atoms in total. The van der Waals surface area contributed by atoms with Gasteiger partial charge in [-0.15, -0.1) is 17.5 Å². The second-order valence-electron chi connectivity index (χ2n) is 23.0. The van der Waals surface area contributed by atoms with E-state index in [4.69, 9.17) is 79.6 Å². The van der Waals surface area contributed by atoms with Gasteiger partial charge in [0.2, 0.25) is 0 Å². The number of benzene rings is 2. The number of hydrogen-bond acceptors (Lipinski definition) is 22. The number of rotatable bonds is 57. The fourth-order valence-corrected chi connectivity index (χ4v) is 9.78. The molecule has 2 aromatic carbocycles. The minimum atomic E-state index is -0.895. The molecule has 1 aliphatic heterocycles. The number of unbranched alkanes of at least 4 members (excludes halogenated alkanes) is 9. The molecule has 0 bridgehead atoms. The van der Waals surface area contributed by atoms with Crippen LogP contribution in [0.5, 0.6) is 0 Å². The monoisotopic (exact) mass is 1390 g/mol. The average Bonchev–Trinajstić information content (AvgIpc) is 1.53. The Morgan fingerprint density at radius 1 is 0.423 bits per heavy atom. The van der Waals surface area contributed by atoms with Crippen molar-refractivity contribution in [3.05, 3.63) is 70.8 Å². The molecule has 1 aliphatic rings. The number of anilines is 2. The van der Waals surface area contributed by atoms with E-state index in [1.807, 2.05) is 6.07 Å². The Kier molecular flexibility index (Phi) is 51.8. The number of hydroxylamine groups is 2. The number of nitrogens with zero attached hydrogens (tertiary/aromatic N) is 3. The molecule has 548 valence electrons. The maximum atomic E-state index is 12.2. The highest BCUT2D eigenvalue weighted by atomic mass is 35.5. The number of ether oxygens (including phenoxy) is 10. The van der Waals surface area contributed by atoms with Crippen molar-refractivity contribution in [1.82, 2.24) is 15.0 Å². The van der Waals surface area contributed by atoms with Crippen molar-refractivity contribution in [2.24, 2.45) is 5.73 Å². The van der Waals surface area contributed by atoms with Crippen LogP contribution in [0.4, 0.5) is 11.6 Å². The number of carboxylic acid groups (broad SMARTS) is 2. The number of pyridine rings is 2. The van der Waals surface area contributed by atoms with Gasteiger partial charge in [-0.25, -0.2) is 14.8 Å². The molecule has 0 unspecified atom stereocenters. The van der Waals surface area contributed by atoms with Crippen LogP contribution in [0.2, 0.25) is 0 Å². The molecule has 5 rings (SSSR count). The Morgan fingerprint density at radius 3 is 1.12 bits per heavy atom. The zero-order chi connectivity index (χ0) is 69.5. The third-order valence-electron chi connectivity index (χ3n) is 15.1. The summed E-state index contributed by atoms with van der Waals surface area (Å²) >= 11 is 0. The molecule has 0 aliphatic carbocycles. The normalized spacial score (nSPS) is 12.0. The van der Waals surface area contributed by atoms with Crippen LogP contribution in [-0.4, -0.2) is 199 Å². The lowest BCUT2D eigenvalue weighted by atomic mass is 9.98. The number of carboxylic acids is 2. The molecule has 26 heteroatoms. The first-order valence-electron chi connectivity index (χ1n) is 34.6. The van der Waals surface area contributed by atoms with Crippen molar-refractivity contribution in [2.75, 3.05) is 150 Å². The quantitative estimate of drug-likeness (QED) is 0.0203. The second-order valence-corrected chi connectivity index (χ2v) is 23.0. The Bertz CT molecular complexity index is 2770. The third kappa shape index (κ3) is 42.5. The number of amides is 2. The van der Waals surface area contributed by atoms with E-state index < -0.39 is 29.7 Å². The van der Waals surface area contributed by atoms with Crippen LogP contribution >= 0.6 is 12.4 Å². The van der Waals surface area contributed by atoms with Crippen LogP contribution in [-0.2, 0) is 107 Å². The number of aryl methyl sites for hydroxylation is 4. The molecule has 4 aromatic rings. The first kappa shape index (κ1) is 87.0. The van der Waals surface area contributed by atoms with Crippen molar-refractivity contribution in [3.63, 3.8) is 0 Å². The van der Waals surface area contributed by atoms with E-state index in [0.29, 0.717) is 135 Å². The Balaban J connectivity index is 0.000000524. The van der Waals surface area contributed by atoms with Crippen molar-refractivity contribution >= 4 is 81.4 Å². The van der Waals surface area contributed by atoms with Gasteiger partial charge in [0.15, 0.2) is 0 Å². The summed E-state index contributed by atoms with van der Waals surface area (Å²) in [5, 5.41) is 19.9. The number of ketones is 1. The summed E-state index contributed by atoms with van der Waals surface area (Å²) in [6.45, 7) is 12.5. The summed E-state index contributed by atoms with van der Waals surface area (Å²) in [4.78, 5) is 80.9. The average molecular weight is 1390 g/mol. The zero-order valence-corrected chi connectivity index (χ0v) is 58.6. The number of halogens is 1. The molecule has 97 heavy (non-hydrogen) atoms. The molecule has 8 N–H and O–H groups in total. The topological polar surface area (TPSA) is 351 Å².